The summed E-state index contributed by atoms with van der Waals surface area (Å²) in [6, 6.07) is 4.53. The topological polar surface area (TPSA) is 92.4 Å². The molecule has 0 aliphatic carbocycles. The molecular formula is C16H22FN5O3S. The largest absolute Gasteiger partial charge is 0.474 e. The zero-order chi connectivity index (χ0) is 19.1. The van der Waals surface area contributed by atoms with Crippen LogP contribution in [0.5, 0.6) is 0 Å². The highest BCUT2D eigenvalue weighted by molar-refractivity contribution is 7.80. The number of thiocarbonyl (C=S) groups is 1. The maximum absolute atomic E-state index is 14.6. The summed E-state index contributed by atoms with van der Waals surface area (Å²) in [7, 11) is 3.04. The van der Waals surface area contributed by atoms with Crippen molar-refractivity contribution in [3.8, 4) is 0 Å². The molecular weight excluding hydrogens is 361 g/mol. The Labute approximate surface area is 156 Å². The number of nitrogens with zero attached hydrogens (tertiary/aromatic N) is 3. The van der Waals surface area contributed by atoms with Gasteiger partial charge in [-0.05, 0) is 30.4 Å². The van der Waals surface area contributed by atoms with Gasteiger partial charge in [0, 0.05) is 20.1 Å². The normalized spacial score (nSPS) is 16.7. The Morgan fingerprint density at radius 1 is 1.65 bits per heavy atom. The molecule has 0 spiro atoms. The van der Waals surface area contributed by atoms with Crippen LogP contribution in [0.3, 0.4) is 0 Å². The maximum atomic E-state index is 14.6. The van der Waals surface area contributed by atoms with E-state index in [0.29, 0.717) is 31.0 Å². The molecule has 1 aliphatic heterocycles. The monoisotopic (exact) mass is 383 g/mol. The lowest BCUT2D eigenvalue weighted by Gasteiger charge is -2.21. The number of aliphatic imine (C=N–C) groups is 1. The minimum atomic E-state index is -0.541. The lowest BCUT2D eigenvalue weighted by Crippen LogP contribution is -2.34. The van der Waals surface area contributed by atoms with Crippen molar-refractivity contribution in [1.82, 2.24) is 5.32 Å². The quantitative estimate of drug-likeness (QED) is 0.414. The SMILES string of the molecule is CN=CN(CCN)c1ccc(N2CC(CNC(=S)OC)OC2=O)cc1F. The number of carbonyl (C=O) groups is 1. The summed E-state index contributed by atoms with van der Waals surface area (Å²) < 4.78 is 24.6. The highest BCUT2D eigenvalue weighted by Gasteiger charge is 2.32. The Bertz CT molecular complexity index is 688. The lowest BCUT2D eigenvalue weighted by molar-refractivity contribution is 0.142. The van der Waals surface area contributed by atoms with Crippen molar-refractivity contribution in [2.24, 2.45) is 10.7 Å². The molecule has 1 unspecified atom stereocenters. The van der Waals surface area contributed by atoms with Crippen molar-refractivity contribution in [2.75, 3.05) is 50.1 Å². The molecule has 1 saturated heterocycles. The van der Waals surface area contributed by atoms with Gasteiger partial charge in [-0.2, -0.15) is 0 Å². The zero-order valence-corrected chi connectivity index (χ0v) is 15.5. The van der Waals surface area contributed by atoms with Crippen LogP contribution in [-0.2, 0) is 9.47 Å². The summed E-state index contributed by atoms with van der Waals surface area (Å²) in [5.41, 5.74) is 6.30. The van der Waals surface area contributed by atoms with Crippen LogP contribution in [0.1, 0.15) is 0 Å². The molecule has 0 aromatic heterocycles. The van der Waals surface area contributed by atoms with Gasteiger partial charge in [-0.25, -0.2) is 9.18 Å². The Morgan fingerprint density at radius 2 is 2.42 bits per heavy atom. The van der Waals surface area contributed by atoms with Gasteiger partial charge in [0.15, 0.2) is 0 Å². The molecule has 0 bridgehead atoms. The van der Waals surface area contributed by atoms with Crippen LogP contribution in [-0.4, -0.2) is 64.0 Å². The van der Waals surface area contributed by atoms with E-state index in [0.717, 1.165) is 0 Å². The standard InChI is InChI=1S/C16H22FN5O3S/c1-19-10-21(6-5-18)14-4-3-11(7-13(14)17)22-9-12(25-16(22)23)8-20-15(26)24-2/h3-4,7,10,12H,5-6,8-9,18H2,1-2H3,(H,20,26). The first-order valence-electron chi connectivity index (χ1n) is 7.98. The molecule has 0 saturated carbocycles. The maximum Gasteiger partial charge on any atom is 0.414 e. The molecule has 1 heterocycles. The predicted octanol–water partition coefficient (Wildman–Crippen LogP) is 1.09. The Kier molecular flexibility index (Phi) is 7.10. The van der Waals surface area contributed by atoms with E-state index in [1.807, 2.05) is 0 Å². The van der Waals surface area contributed by atoms with E-state index in [-0.39, 0.29) is 11.7 Å². The summed E-state index contributed by atoms with van der Waals surface area (Å²) in [5, 5.41) is 3.04. The second-order valence-electron chi connectivity index (χ2n) is 5.48. The number of rotatable bonds is 7. The van der Waals surface area contributed by atoms with Gasteiger partial charge in [-0.1, -0.05) is 0 Å². The molecule has 1 amide bonds. The average molecular weight is 383 g/mol. The fourth-order valence-corrected chi connectivity index (χ4v) is 2.61. The van der Waals surface area contributed by atoms with Crippen molar-refractivity contribution in [1.29, 1.82) is 0 Å². The number of nitrogens with one attached hydrogen (secondary N) is 1. The van der Waals surface area contributed by atoms with E-state index >= 15 is 0 Å². The van der Waals surface area contributed by atoms with Crippen LogP contribution in [0.25, 0.3) is 0 Å². The number of halogens is 1. The molecule has 26 heavy (non-hydrogen) atoms. The Hall–Kier alpha value is -2.46. The van der Waals surface area contributed by atoms with Gasteiger partial charge in [-0.3, -0.25) is 9.89 Å². The molecule has 1 atom stereocenters. The van der Waals surface area contributed by atoms with E-state index in [1.165, 1.54) is 24.4 Å². The first-order valence-corrected chi connectivity index (χ1v) is 8.39. The molecule has 0 radical (unpaired) electrons. The second kappa shape index (κ2) is 9.30. The highest BCUT2D eigenvalue weighted by Crippen LogP contribution is 2.27. The number of nitrogens with two attached hydrogens (primary N) is 1. The number of ether oxygens (including phenoxy) is 2. The van der Waals surface area contributed by atoms with Crippen molar-refractivity contribution in [2.45, 2.75) is 6.10 Å². The number of hydrogen-bond donors (Lipinski definition) is 2. The van der Waals surface area contributed by atoms with Crippen molar-refractivity contribution < 1.29 is 18.7 Å². The lowest BCUT2D eigenvalue weighted by atomic mass is 10.2. The highest BCUT2D eigenvalue weighted by atomic mass is 32.1. The van der Waals surface area contributed by atoms with E-state index in [4.69, 9.17) is 27.4 Å². The number of methoxy groups -OCH3 is 1. The van der Waals surface area contributed by atoms with Gasteiger partial charge < -0.3 is 25.4 Å². The van der Waals surface area contributed by atoms with E-state index in [1.54, 1.807) is 24.1 Å². The van der Waals surface area contributed by atoms with Gasteiger partial charge in [0.2, 0.25) is 0 Å². The van der Waals surface area contributed by atoms with Crippen LogP contribution in [0.4, 0.5) is 20.6 Å². The van der Waals surface area contributed by atoms with Crippen LogP contribution >= 0.6 is 12.2 Å². The fraction of sp³-hybridized carbons (Fsp3) is 0.438. The first kappa shape index (κ1) is 19.9. The molecule has 1 fully saturated rings. The molecule has 2 rings (SSSR count). The Balaban J connectivity index is 2.10. The van der Waals surface area contributed by atoms with Crippen LogP contribution in [0.2, 0.25) is 0 Å². The van der Waals surface area contributed by atoms with Crippen molar-refractivity contribution in [3.05, 3.63) is 24.0 Å². The molecule has 1 aromatic carbocycles. The number of carbonyl (C=O) groups excluding carboxylic acids is 1. The Morgan fingerprint density at radius 3 is 3.04 bits per heavy atom. The summed E-state index contributed by atoms with van der Waals surface area (Å²) in [4.78, 5) is 19.0. The van der Waals surface area contributed by atoms with Gasteiger partial charge in [0.25, 0.3) is 5.17 Å². The molecule has 1 aliphatic rings. The molecule has 142 valence electrons. The van der Waals surface area contributed by atoms with E-state index in [2.05, 4.69) is 10.3 Å². The third-order valence-corrected chi connectivity index (χ3v) is 4.02. The van der Waals surface area contributed by atoms with Gasteiger partial charge in [0.05, 0.1) is 37.9 Å². The van der Waals surface area contributed by atoms with Gasteiger partial charge >= 0.3 is 6.09 Å². The molecule has 1 aromatic rings. The van der Waals surface area contributed by atoms with Crippen LogP contribution in [0.15, 0.2) is 23.2 Å². The summed E-state index contributed by atoms with van der Waals surface area (Å²) >= 11 is 4.88. The van der Waals surface area contributed by atoms with Crippen LogP contribution < -0.4 is 20.9 Å². The minimum Gasteiger partial charge on any atom is -0.474 e. The number of amides is 1. The second-order valence-corrected chi connectivity index (χ2v) is 5.85. The van der Waals surface area contributed by atoms with E-state index < -0.39 is 18.0 Å². The van der Waals surface area contributed by atoms with Gasteiger partial charge in [0.1, 0.15) is 11.9 Å². The average Bonchev–Trinajstić information content (AvgIpc) is 3.00. The number of hydrogen-bond acceptors (Lipinski definition) is 6. The fourth-order valence-electron chi connectivity index (χ4n) is 2.52. The first-order chi connectivity index (χ1) is 12.5. The molecule has 8 nitrogen and oxygen atoms in total. The summed E-state index contributed by atoms with van der Waals surface area (Å²) in [6.45, 7) is 1.36. The third-order valence-electron chi connectivity index (χ3n) is 3.71. The zero-order valence-electron chi connectivity index (χ0n) is 14.6. The smallest absolute Gasteiger partial charge is 0.414 e. The van der Waals surface area contributed by atoms with Crippen molar-refractivity contribution in [3.63, 3.8) is 0 Å². The van der Waals surface area contributed by atoms with E-state index in [9.17, 15) is 9.18 Å². The number of benzene rings is 1. The molecule has 10 heteroatoms. The molecule has 3 N–H and O–H groups in total. The number of anilines is 2. The predicted molar refractivity (Wildman–Crippen MR) is 102 cm³/mol. The summed E-state index contributed by atoms with van der Waals surface area (Å²) in [5.74, 6) is -0.481. The van der Waals surface area contributed by atoms with Crippen molar-refractivity contribution >= 4 is 41.2 Å². The van der Waals surface area contributed by atoms with Crippen LogP contribution in [0, 0.1) is 5.82 Å². The minimum absolute atomic E-state index is 0.215. The number of cyclic esters (lactones) is 1. The summed E-state index contributed by atoms with van der Waals surface area (Å²) in [6.07, 6.45) is 0.552. The third kappa shape index (κ3) is 4.79. The van der Waals surface area contributed by atoms with Gasteiger partial charge in [-0.15, -0.1) is 0 Å².